The van der Waals surface area contributed by atoms with Gasteiger partial charge in [0.15, 0.2) is 0 Å². The van der Waals surface area contributed by atoms with Crippen LogP contribution in [0.3, 0.4) is 0 Å². The first kappa shape index (κ1) is 23.6. The minimum absolute atomic E-state index is 0.0430. The number of hydrogen-bond donors (Lipinski definition) is 2. The van der Waals surface area contributed by atoms with Gasteiger partial charge in [0.2, 0.25) is 15.9 Å². The number of hydrogen-bond acceptors (Lipinski definition) is 3. The van der Waals surface area contributed by atoms with E-state index in [0.29, 0.717) is 13.0 Å². The molecule has 0 spiro atoms. The third-order valence-corrected chi connectivity index (χ3v) is 5.68. The second kappa shape index (κ2) is 13.7. The fraction of sp³-hybridized carbons (Fsp3) is 0.667. The van der Waals surface area contributed by atoms with Crippen molar-refractivity contribution in [2.24, 2.45) is 5.14 Å². The molecule has 0 bridgehead atoms. The second-order valence-corrected chi connectivity index (χ2v) is 8.81. The standard InChI is InChI=1S/C21H36N2O3S/c1-2-3-4-5-6-7-8-9-10-11-12-13-21(24)23-18-19-14-16-20(17-15-19)27(22,25)26/h14-17H,2-13,18H2,1H3,(H,23,24)(H2,22,25,26). The summed E-state index contributed by atoms with van der Waals surface area (Å²) < 4.78 is 22.4. The molecule has 0 aliphatic rings. The maximum atomic E-state index is 11.9. The number of rotatable bonds is 15. The van der Waals surface area contributed by atoms with Crippen molar-refractivity contribution in [2.45, 2.75) is 95.4 Å². The summed E-state index contributed by atoms with van der Waals surface area (Å²) in [5.41, 5.74) is 0.856. The van der Waals surface area contributed by atoms with Crippen LogP contribution < -0.4 is 10.5 Å². The Morgan fingerprint density at radius 3 is 1.81 bits per heavy atom. The lowest BCUT2D eigenvalue weighted by molar-refractivity contribution is -0.121. The summed E-state index contributed by atoms with van der Waals surface area (Å²) in [5.74, 6) is 0.0430. The summed E-state index contributed by atoms with van der Waals surface area (Å²) >= 11 is 0. The number of amides is 1. The Hall–Kier alpha value is -1.40. The van der Waals surface area contributed by atoms with Crippen molar-refractivity contribution in [1.82, 2.24) is 5.32 Å². The normalized spacial score (nSPS) is 11.5. The number of primary sulfonamides is 1. The molecule has 3 N–H and O–H groups in total. The van der Waals surface area contributed by atoms with E-state index in [2.05, 4.69) is 12.2 Å². The lowest BCUT2D eigenvalue weighted by Crippen LogP contribution is -2.22. The zero-order valence-electron chi connectivity index (χ0n) is 16.7. The molecule has 5 nitrogen and oxygen atoms in total. The lowest BCUT2D eigenvalue weighted by atomic mass is 10.1. The molecule has 0 saturated heterocycles. The van der Waals surface area contributed by atoms with Gasteiger partial charge in [0.05, 0.1) is 4.90 Å². The van der Waals surface area contributed by atoms with Crippen molar-refractivity contribution >= 4 is 15.9 Å². The molecule has 0 atom stereocenters. The van der Waals surface area contributed by atoms with E-state index in [9.17, 15) is 13.2 Å². The average molecular weight is 397 g/mol. The van der Waals surface area contributed by atoms with Crippen LogP contribution in [0.25, 0.3) is 0 Å². The molecule has 0 aliphatic heterocycles. The molecule has 0 saturated carbocycles. The fourth-order valence-electron chi connectivity index (χ4n) is 3.04. The van der Waals surface area contributed by atoms with Crippen molar-refractivity contribution in [3.05, 3.63) is 29.8 Å². The maximum absolute atomic E-state index is 11.9. The van der Waals surface area contributed by atoms with Crippen LogP contribution in [0.5, 0.6) is 0 Å². The summed E-state index contributed by atoms with van der Waals surface area (Å²) in [4.78, 5) is 12.0. The van der Waals surface area contributed by atoms with Gasteiger partial charge in [-0.1, -0.05) is 83.3 Å². The van der Waals surface area contributed by atoms with Gasteiger partial charge in [0.1, 0.15) is 0 Å². The van der Waals surface area contributed by atoms with Gasteiger partial charge in [-0.25, -0.2) is 13.6 Å². The van der Waals surface area contributed by atoms with Crippen molar-refractivity contribution in [2.75, 3.05) is 0 Å². The Kier molecular flexibility index (Phi) is 12.0. The second-order valence-electron chi connectivity index (χ2n) is 7.25. The van der Waals surface area contributed by atoms with E-state index in [1.54, 1.807) is 12.1 Å². The van der Waals surface area contributed by atoms with Gasteiger partial charge in [-0.05, 0) is 24.1 Å². The van der Waals surface area contributed by atoms with E-state index in [4.69, 9.17) is 5.14 Å². The molecule has 27 heavy (non-hydrogen) atoms. The Labute approximate surface area is 165 Å². The minimum Gasteiger partial charge on any atom is -0.352 e. The number of sulfonamides is 1. The summed E-state index contributed by atoms with van der Waals surface area (Å²) in [6, 6.07) is 6.26. The predicted molar refractivity (Wildman–Crippen MR) is 111 cm³/mol. The van der Waals surface area contributed by atoms with Gasteiger partial charge in [0.25, 0.3) is 0 Å². The van der Waals surface area contributed by atoms with Crippen molar-refractivity contribution in [1.29, 1.82) is 0 Å². The molecule has 0 radical (unpaired) electrons. The first-order valence-corrected chi connectivity index (χ1v) is 11.9. The highest BCUT2D eigenvalue weighted by Crippen LogP contribution is 2.12. The zero-order chi connectivity index (χ0) is 20.0. The van der Waals surface area contributed by atoms with Crippen LogP contribution in [0.4, 0.5) is 0 Å². The van der Waals surface area contributed by atoms with Crippen LogP contribution in [0, 0.1) is 0 Å². The van der Waals surface area contributed by atoms with Crippen LogP contribution in [-0.2, 0) is 21.4 Å². The highest BCUT2D eigenvalue weighted by atomic mass is 32.2. The van der Waals surface area contributed by atoms with Gasteiger partial charge >= 0.3 is 0 Å². The monoisotopic (exact) mass is 396 g/mol. The molecule has 1 aromatic carbocycles. The van der Waals surface area contributed by atoms with Crippen molar-refractivity contribution in [3.63, 3.8) is 0 Å². The minimum atomic E-state index is -3.67. The number of carbonyl (C=O) groups is 1. The third-order valence-electron chi connectivity index (χ3n) is 4.75. The van der Waals surface area contributed by atoms with Crippen molar-refractivity contribution in [3.8, 4) is 0 Å². The SMILES string of the molecule is CCCCCCCCCCCCCC(=O)NCc1ccc(S(N)(=O)=O)cc1. The Morgan fingerprint density at radius 1 is 0.852 bits per heavy atom. The molecule has 1 amide bonds. The van der Waals surface area contributed by atoms with E-state index < -0.39 is 10.0 Å². The van der Waals surface area contributed by atoms with Gasteiger partial charge < -0.3 is 5.32 Å². The highest BCUT2D eigenvalue weighted by Gasteiger charge is 2.07. The largest absolute Gasteiger partial charge is 0.352 e. The Balaban J connectivity index is 2.01. The molecule has 0 aromatic heterocycles. The fourth-order valence-corrected chi connectivity index (χ4v) is 3.55. The predicted octanol–water partition coefficient (Wildman–Crippen LogP) is 4.65. The summed E-state index contributed by atoms with van der Waals surface area (Å²) in [6.07, 6.45) is 14.5. The van der Waals surface area contributed by atoms with E-state index in [-0.39, 0.29) is 10.8 Å². The van der Waals surface area contributed by atoms with E-state index in [0.717, 1.165) is 18.4 Å². The molecule has 0 fully saturated rings. The van der Waals surface area contributed by atoms with Gasteiger partial charge in [0, 0.05) is 13.0 Å². The van der Waals surface area contributed by atoms with Gasteiger partial charge in [-0.15, -0.1) is 0 Å². The number of unbranched alkanes of at least 4 members (excludes halogenated alkanes) is 10. The average Bonchev–Trinajstić information content (AvgIpc) is 2.64. The third kappa shape index (κ3) is 11.8. The Bertz CT molecular complexity index is 627. The molecule has 1 rings (SSSR count). The molecule has 0 aliphatic carbocycles. The number of carbonyl (C=O) groups excluding carboxylic acids is 1. The molecule has 1 aromatic rings. The molecular formula is C21H36N2O3S. The van der Waals surface area contributed by atoms with Crippen molar-refractivity contribution < 1.29 is 13.2 Å². The molecule has 154 valence electrons. The van der Waals surface area contributed by atoms with Crippen LogP contribution >= 0.6 is 0 Å². The van der Waals surface area contributed by atoms with E-state index >= 15 is 0 Å². The van der Waals surface area contributed by atoms with Crippen LogP contribution in [0.15, 0.2) is 29.2 Å². The van der Waals surface area contributed by atoms with Crippen LogP contribution in [-0.4, -0.2) is 14.3 Å². The first-order chi connectivity index (χ1) is 12.9. The van der Waals surface area contributed by atoms with E-state index in [1.165, 1.54) is 69.9 Å². The molecule has 0 unspecified atom stereocenters. The van der Waals surface area contributed by atoms with Crippen LogP contribution in [0.1, 0.15) is 89.5 Å². The maximum Gasteiger partial charge on any atom is 0.238 e. The topological polar surface area (TPSA) is 89.3 Å². The number of nitrogens with two attached hydrogens (primary N) is 1. The first-order valence-electron chi connectivity index (χ1n) is 10.3. The van der Waals surface area contributed by atoms with Gasteiger partial charge in [-0.2, -0.15) is 0 Å². The molecule has 6 heteroatoms. The highest BCUT2D eigenvalue weighted by molar-refractivity contribution is 7.89. The Morgan fingerprint density at radius 2 is 1.33 bits per heavy atom. The quantitative estimate of drug-likeness (QED) is 0.423. The zero-order valence-corrected chi connectivity index (χ0v) is 17.5. The van der Waals surface area contributed by atoms with Crippen LogP contribution in [0.2, 0.25) is 0 Å². The molecular weight excluding hydrogens is 360 g/mol. The number of benzene rings is 1. The smallest absolute Gasteiger partial charge is 0.238 e. The summed E-state index contributed by atoms with van der Waals surface area (Å²) in [6.45, 7) is 2.65. The van der Waals surface area contributed by atoms with E-state index in [1.807, 2.05) is 0 Å². The lowest BCUT2D eigenvalue weighted by Gasteiger charge is -2.06. The molecule has 0 heterocycles. The summed E-state index contributed by atoms with van der Waals surface area (Å²) in [5, 5.41) is 7.94. The number of nitrogens with one attached hydrogen (secondary N) is 1. The van der Waals surface area contributed by atoms with Gasteiger partial charge in [-0.3, -0.25) is 4.79 Å². The summed E-state index contributed by atoms with van der Waals surface area (Å²) in [7, 11) is -3.67.